The van der Waals surface area contributed by atoms with Crippen LogP contribution in [0.4, 0.5) is 11.4 Å². The number of rotatable bonds is 6. The first-order chi connectivity index (χ1) is 14.7. The van der Waals surface area contributed by atoms with E-state index in [2.05, 4.69) is 15.5 Å². The number of aromatic nitrogens is 2. The predicted molar refractivity (Wildman–Crippen MR) is 113 cm³/mol. The van der Waals surface area contributed by atoms with Crippen LogP contribution in [0, 0.1) is 41.0 Å². The Labute approximate surface area is 176 Å². The molecule has 3 rings (SSSR count). The molecular formula is C20H18N6O5. The molecular weight excluding hydrogens is 404 g/mol. The topological polar surface area (TPSA) is 146 Å². The van der Waals surface area contributed by atoms with E-state index in [1.165, 1.54) is 24.4 Å². The van der Waals surface area contributed by atoms with Crippen molar-refractivity contribution in [3.8, 4) is 5.69 Å². The van der Waals surface area contributed by atoms with Crippen LogP contribution >= 0.6 is 0 Å². The fourth-order valence-corrected chi connectivity index (χ4v) is 3.10. The van der Waals surface area contributed by atoms with Gasteiger partial charge in [-0.15, -0.1) is 0 Å². The van der Waals surface area contributed by atoms with Crippen molar-refractivity contribution in [3.05, 3.63) is 91.0 Å². The lowest BCUT2D eigenvalue weighted by Gasteiger charge is -2.10. The zero-order chi connectivity index (χ0) is 22.7. The predicted octanol–water partition coefficient (Wildman–Crippen LogP) is 3.38. The van der Waals surface area contributed by atoms with Gasteiger partial charge in [0.2, 0.25) is 0 Å². The number of carbonyl (C=O) groups excluding carboxylic acids is 1. The minimum Gasteiger partial charge on any atom is -0.318 e. The number of hydrogen-bond donors (Lipinski definition) is 1. The van der Waals surface area contributed by atoms with Crippen molar-refractivity contribution in [1.82, 2.24) is 15.0 Å². The highest BCUT2D eigenvalue weighted by Crippen LogP contribution is 2.25. The van der Waals surface area contributed by atoms with Gasteiger partial charge in [0.15, 0.2) is 0 Å². The molecule has 11 heteroatoms. The van der Waals surface area contributed by atoms with Gasteiger partial charge in [0, 0.05) is 34.6 Å². The van der Waals surface area contributed by atoms with Crippen LogP contribution in [0.3, 0.4) is 0 Å². The van der Waals surface area contributed by atoms with E-state index in [1.807, 2.05) is 24.5 Å². The minimum absolute atomic E-state index is 0.0137. The summed E-state index contributed by atoms with van der Waals surface area (Å²) in [6.45, 7) is 5.37. The Hall–Kier alpha value is -4.41. The SMILES string of the molecule is Cc1ccc(-n2c(C)cc(/C=N\NC(=O)c3ccc([N+](=O)[O-])cn3)c2C)cc1[N+](=O)[O-]. The smallest absolute Gasteiger partial charge is 0.289 e. The molecule has 0 spiro atoms. The van der Waals surface area contributed by atoms with E-state index in [4.69, 9.17) is 0 Å². The van der Waals surface area contributed by atoms with Gasteiger partial charge in [-0.1, -0.05) is 6.07 Å². The van der Waals surface area contributed by atoms with Gasteiger partial charge in [-0.2, -0.15) is 5.10 Å². The van der Waals surface area contributed by atoms with Crippen molar-refractivity contribution in [2.75, 3.05) is 0 Å². The second-order valence-electron chi connectivity index (χ2n) is 6.75. The van der Waals surface area contributed by atoms with Crippen LogP contribution in [-0.2, 0) is 0 Å². The number of nitro groups is 2. The molecule has 0 aliphatic heterocycles. The average molecular weight is 422 g/mol. The molecule has 1 N–H and O–H groups in total. The summed E-state index contributed by atoms with van der Waals surface area (Å²) >= 11 is 0. The lowest BCUT2D eigenvalue weighted by Crippen LogP contribution is -2.19. The number of hydrogen-bond acceptors (Lipinski definition) is 7. The van der Waals surface area contributed by atoms with Crippen molar-refractivity contribution < 1.29 is 14.6 Å². The zero-order valence-corrected chi connectivity index (χ0v) is 16.9. The molecule has 2 aromatic heterocycles. The molecule has 0 saturated carbocycles. The second-order valence-corrected chi connectivity index (χ2v) is 6.75. The molecule has 0 aliphatic carbocycles. The number of nitrogens with one attached hydrogen (secondary N) is 1. The Balaban J connectivity index is 1.80. The third kappa shape index (κ3) is 4.45. The molecule has 1 aromatic carbocycles. The quantitative estimate of drug-likeness (QED) is 0.366. The summed E-state index contributed by atoms with van der Waals surface area (Å²) in [5.41, 5.74) is 5.66. The lowest BCUT2D eigenvalue weighted by molar-refractivity contribution is -0.385. The van der Waals surface area contributed by atoms with Crippen molar-refractivity contribution in [1.29, 1.82) is 0 Å². The molecule has 158 valence electrons. The van der Waals surface area contributed by atoms with Crippen LogP contribution in [0.25, 0.3) is 5.69 Å². The summed E-state index contributed by atoms with van der Waals surface area (Å²) in [7, 11) is 0. The van der Waals surface area contributed by atoms with E-state index < -0.39 is 15.8 Å². The third-order valence-corrected chi connectivity index (χ3v) is 4.68. The second kappa shape index (κ2) is 8.53. The first kappa shape index (κ1) is 21.3. The maximum atomic E-state index is 12.1. The highest BCUT2D eigenvalue weighted by Gasteiger charge is 2.16. The van der Waals surface area contributed by atoms with Gasteiger partial charge in [-0.3, -0.25) is 25.0 Å². The Morgan fingerprint density at radius 2 is 1.84 bits per heavy atom. The van der Waals surface area contributed by atoms with E-state index in [9.17, 15) is 25.0 Å². The van der Waals surface area contributed by atoms with Crippen LogP contribution in [0.2, 0.25) is 0 Å². The highest BCUT2D eigenvalue weighted by atomic mass is 16.6. The molecule has 1 amide bonds. The van der Waals surface area contributed by atoms with Crippen LogP contribution in [0.1, 0.15) is 33.0 Å². The number of aryl methyl sites for hydroxylation is 2. The molecule has 0 fully saturated rings. The van der Waals surface area contributed by atoms with Crippen molar-refractivity contribution >= 4 is 23.5 Å². The number of benzene rings is 1. The van der Waals surface area contributed by atoms with Crippen LogP contribution < -0.4 is 5.43 Å². The Morgan fingerprint density at radius 3 is 2.45 bits per heavy atom. The number of nitrogens with zero attached hydrogens (tertiary/aromatic N) is 5. The molecule has 0 saturated heterocycles. The maximum absolute atomic E-state index is 12.1. The molecule has 0 radical (unpaired) electrons. The maximum Gasteiger partial charge on any atom is 0.289 e. The molecule has 11 nitrogen and oxygen atoms in total. The monoisotopic (exact) mass is 422 g/mol. The van der Waals surface area contributed by atoms with Gasteiger partial charge in [0.05, 0.1) is 21.7 Å². The first-order valence-electron chi connectivity index (χ1n) is 9.07. The summed E-state index contributed by atoms with van der Waals surface area (Å²) in [6, 6.07) is 9.25. The third-order valence-electron chi connectivity index (χ3n) is 4.68. The van der Waals surface area contributed by atoms with E-state index in [0.29, 0.717) is 16.8 Å². The van der Waals surface area contributed by atoms with Gasteiger partial charge in [0.25, 0.3) is 17.3 Å². The fourth-order valence-electron chi connectivity index (χ4n) is 3.10. The molecule has 0 unspecified atom stereocenters. The van der Waals surface area contributed by atoms with Gasteiger partial charge < -0.3 is 4.57 Å². The molecule has 3 aromatic rings. The van der Waals surface area contributed by atoms with Gasteiger partial charge in [-0.25, -0.2) is 10.4 Å². The zero-order valence-electron chi connectivity index (χ0n) is 16.9. The van der Waals surface area contributed by atoms with Crippen molar-refractivity contribution in [2.24, 2.45) is 5.10 Å². The van der Waals surface area contributed by atoms with Gasteiger partial charge >= 0.3 is 0 Å². The van der Waals surface area contributed by atoms with Crippen LogP contribution in [0.5, 0.6) is 0 Å². The van der Waals surface area contributed by atoms with E-state index in [0.717, 1.165) is 17.6 Å². The number of carbonyl (C=O) groups is 1. The van der Waals surface area contributed by atoms with Gasteiger partial charge in [-0.05, 0) is 39.0 Å². The Bertz CT molecular complexity index is 1210. The summed E-state index contributed by atoms with van der Waals surface area (Å²) in [4.78, 5) is 36.7. The first-order valence-corrected chi connectivity index (χ1v) is 9.07. The standard InChI is InChI=1S/C20H18N6O5/c1-12-4-5-16(9-19(12)26(30)31)24-13(2)8-15(14(24)3)10-22-23-20(27)18-7-6-17(11-21-18)25(28)29/h4-11H,1-3H3,(H,23,27)/b22-10-. The van der Waals surface area contributed by atoms with Gasteiger partial charge in [0.1, 0.15) is 11.9 Å². The fraction of sp³-hybridized carbons (Fsp3) is 0.150. The van der Waals surface area contributed by atoms with Crippen LogP contribution in [0.15, 0.2) is 47.7 Å². The molecule has 31 heavy (non-hydrogen) atoms. The summed E-state index contributed by atoms with van der Waals surface area (Å²) in [5.74, 6) is -0.617. The average Bonchev–Trinajstić information content (AvgIpc) is 3.01. The molecule has 2 heterocycles. The Kier molecular flexibility index (Phi) is 5.86. The largest absolute Gasteiger partial charge is 0.318 e. The molecule has 0 atom stereocenters. The number of pyridine rings is 1. The Morgan fingerprint density at radius 1 is 1.10 bits per heavy atom. The summed E-state index contributed by atoms with van der Waals surface area (Å²) in [6.07, 6.45) is 2.44. The van der Waals surface area contributed by atoms with E-state index in [-0.39, 0.29) is 17.1 Å². The van der Waals surface area contributed by atoms with Crippen LogP contribution in [-0.4, -0.2) is 31.5 Å². The van der Waals surface area contributed by atoms with E-state index in [1.54, 1.807) is 19.1 Å². The summed E-state index contributed by atoms with van der Waals surface area (Å²) < 4.78 is 1.85. The minimum atomic E-state index is -0.617. The number of amides is 1. The number of nitro benzene ring substituents is 1. The normalized spacial score (nSPS) is 10.9. The lowest BCUT2D eigenvalue weighted by atomic mass is 10.2. The van der Waals surface area contributed by atoms with E-state index >= 15 is 0 Å². The highest BCUT2D eigenvalue weighted by molar-refractivity contribution is 5.93. The van der Waals surface area contributed by atoms with Crippen molar-refractivity contribution in [2.45, 2.75) is 20.8 Å². The van der Waals surface area contributed by atoms with Crippen molar-refractivity contribution in [3.63, 3.8) is 0 Å². The molecule has 0 bridgehead atoms. The molecule has 0 aliphatic rings. The number of hydrazone groups is 1. The summed E-state index contributed by atoms with van der Waals surface area (Å²) in [5, 5.41) is 25.8.